The van der Waals surface area contributed by atoms with Crippen LogP contribution in [0.1, 0.15) is 37.7 Å². The number of rotatable bonds is 8. The molecule has 1 amide bonds. The summed E-state index contributed by atoms with van der Waals surface area (Å²) in [4.78, 5) is 35.7. The predicted octanol–water partition coefficient (Wildman–Crippen LogP) is 2.54. The Bertz CT molecular complexity index is 574. The molecule has 0 bridgehead atoms. The molecule has 1 heterocycles. The number of nitrogens with zero attached hydrogens (tertiary/aromatic N) is 1. The van der Waals surface area contributed by atoms with Crippen LogP contribution in [0.5, 0.6) is 0 Å². The summed E-state index contributed by atoms with van der Waals surface area (Å²) in [6, 6.07) is 8.62. The number of amides is 1. The summed E-state index contributed by atoms with van der Waals surface area (Å²) in [5.74, 6) is -1.27. The average molecular weight is 335 g/mol. The second-order valence-corrected chi connectivity index (χ2v) is 5.61. The molecule has 1 fully saturated rings. The smallest absolute Gasteiger partial charge is 0.413 e. The highest BCUT2D eigenvalue weighted by Crippen LogP contribution is 2.19. The van der Waals surface area contributed by atoms with E-state index in [1.54, 1.807) is 0 Å². The second-order valence-electron chi connectivity index (χ2n) is 5.61. The molecule has 0 unspecified atom stereocenters. The van der Waals surface area contributed by atoms with Gasteiger partial charge in [-0.2, -0.15) is 0 Å². The molecule has 1 aliphatic heterocycles. The minimum Gasteiger partial charge on any atom is -0.481 e. The van der Waals surface area contributed by atoms with Gasteiger partial charge in [0.2, 0.25) is 0 Å². The predicted molar refractivity (Wildman–Crippen MR) is 83.9 cm³/mol. The van der Waals surface area contributed by atoms with Crippen molar-refractivity contribution in [3.63, 3.8) is 0 Å². The monoisotopic (exact) mass is 335 g/mol. The molecule has 0 aromatic heterocycles. The minimum absolute atomic E-state index is 0.105. The van der Waals surface area contributed by atoms with Gasteiger partial charge in [-0.25, -0.2) is 9.59 Å². The maximum absolute atomic E-state index is 12.1. The van der Waals surface area contributed by atoms with Gasteiger partial charge in [0.05, 0.1) is 0 Å². The Hall–Kier alpha value is -2.57. The molecule has 0 radical (unpaired) electrons. The van der Waals surface area contributed by atoms with Crippen LogP contribution in [0.2, 0.25) is 0 Å². The summed E-state index contributed by atoms with van der Waals surface area (Å²) in [5, 5.41) is 8.59. The third kappa shape index (κ3) is 5.26. The summed E-state index contributed by atoms with van der Waals surface area (Å²) < 4.78 is 10.2. The molecule has 0 spiro atoms. The number of benzene rings is 1. The quantitative estimate of drug-likeness (QED) is 0.580. The first-order valence-corrected chi connectivity index (χ1v) is 7.93. The van der Waals surface area contributed by atoms with Crippen molar-refractivity contribution >= 4 is 18.0 Å². The summed E-state index contributed by atoms with van der Waals surface area (Å²) in [6.45, 7) is 0.0297. The number of aliphatic carboxylic acids is 1. The molecule has 24 heavy (non-hydrogen) atoms. The van der Waals surface area contributed by atoms with E-state index in [0.29, 0.717) is 25.7 Å². The van der Waals surface area contributed by atoms with Crippen molar-refractivity contribution in [2.24, 2.45) is 0 Å². The fourth-order valence-electron chi connectivity index (χ4n) is 2.49. The van der Waals surface area contributed by atoms with Crippen LogP contribution in [-0.4, -0.2) is 40.8 Å². The Morgan fingerprint density at radius 1 is 1.21 bits per heavy atom. The summed E-state index contributed by atoms with van der Waals surface area (Å²) in [5.41, 5.74) is 0.863. The topological polar surface area (TPSA) is 93.1 Å². The van der Waals surface area contributed by atoms with Gasteiger partial charge in [0.1, 0.15) is 12.6 Å². The molecule has 7 nitrogen and oxygen atoms in total. The van der Waals surface area contributed by atoms with Crippen molar-refractivity contribution in [3.8, 4) is 0 Å². The van der Waals surface area contributed by atoms with Crippen molar-refractivity contribution in [1.29, 1.82) is 0 Å². The molecule has 1 aromatic rings. The second kappa shape index (κ2) is 8.90. The van der Waals surface area contributed by atoms with Gasteiger partial charge in [0.15, 0.2) is 6.73 Å². The van der Waals surface area contributed by atoms with Crippen LogP contribution in [0.15, 0.2) is 30.3 Å². The SMILES string of the molecule is O=C(O)CCCCC[C@@H]1C(=O)OCN1C(=O)OCc1ccccc1. The summed E-state index contributed by atoms with van der Waals surface area (Å²) in [7, 11) is 0. The van der Waals surface area contributed by atoms with Crippen LogP contribution < -0.4 is 0 Å². The summed E-state index contributed by atoms with van der Waals surface area (Å²) in [6.07, 6.45) is 1.85. The molecular weight excluding hydrogens is 314 g/mol. The normalized spacial score (nSPS) is 16.8. The lowest BCUT2D eigenvalue weighted by molar-refractivity contribution is -0.139. The number of esters is 1. The largest absolute Gasteiger partial charge is 0.481 e. The summed E-state index contributed by atoms with van der Waals surface area (Å²) >= 11 is 0. The number of unbranched alkanes of at least 4 members (excludes halogenated alkanes) is 2. The van der Waals surface area contributed by atoms with Crippen molar-refractivity contribution in [2.75, 3.05) is 6.73 Å². The van der Waals surface area contributed by atoms with Crippen LogP contribution in [0, 0.1) is 0 Å². The zero-order chi connectivity index (χ0) is 17.4. The Morgan fingerprint density at radius 3 is 2.67 bits per heavy atom. The first-order valence-electron chi connectivity index (χ1n) is 7.93. The highest BCUT2D eigenvalue weighted by atomic mass is 16.6. The van der Waals surface area contributed by atoms with E-state index in [-0.39, 0.29) is 19.8 Å². The highest BCUT2D eigenvalue weighted by Gasteiger charge is 2.38. The Labute approximate surface area is 140 Å². The van der Waals surface area contributed by atoms with Gasteiger partial charge in [0, 0.05) is 6.42 Å². The van der Waals surface area contributed by atoms with E-state index in [9.17, 15) is 14.4 Å². The maximum atomic E-state index is 12.1. The fraction of sp³-hybridized carbons (Fsp3) is 0.471. The van der Waals surface area contributed by atoms with Crippen LogP contribution in [0.4, 0.5) is 4.79 Å². The molecule has 130 valence electrons. The first-order chi connectivity index (χ1) is 11.6. The van der Waals surface area contributed by atoms with Gasteiger partial charge in [-0.3, -0.25) is 9.69 Å². The number of carboxylic acid groups (broad SMARTS) is 1. The number of hydrogen-bond donors (Lipinski definition) is 1. The first kappa shape index (κ1) is 17.8. The molecule has 1 aliphatic rings. The van der Waals surface area contributed by atoms with Crippen molar-refractivity contribution in [3.05, 3.63) is 35.9 Å². The Balaban J connectivity index is 1.78. The molecule has 1 N–H and O–H groups in total. The lowest BCUT2D eigenvalue weighted by atomic mass is 10.1. The van der Waals surface area contributed by atoms with Crippen molar-refractivity contribution in [1.82, 2.24) is 4.90 Å². The van der Waals surface area contributed by atoms with Gasteiger partial charge >= 0.3 is 18.0 Å². The average Bonchev–Trinajstić information content (AvgIpc) is 2.94. The van der Waals surface area contributed by atoms with E-state index in [4.69, 9.17) is 14.6 Å². The third-order valence-electron chi connectivity index (χ3n) is 3.80. The molecule has 1 aromatic carbocycles. The fourth-order valence-corrected chi connectivity index (χ4v) is 2.49. The number of ether oxygens (including phenoxy) is 2. The van der Waals surface area contributed by atoms with Crippen molar-refractivity contribution in [2.45, 2.75) is 44.8 Å². The number of carbonyl (C=O) groups is 3. The van der Waals surface area contributed by atoms with Gasteiger partial charge in [-0.15, -0.1) is 0 Å². The van der Waals surface area contributed by atoms with Crippen LogP contribution >= 0.6 is 0 Å². The maximum Gasteiger partial charge on any atom is 0.413 e. The third-order valence-corrected chi connectivity index (χ3v) is 3.80. The van der Waals surface area contributed by atoms with E-state index < -0.39 is 24.1 Å². The molecule has 0 aliphatic carbocycles. The minimum atomic E-state index is -0.832. The molecule has 7 heteroatoms. The standard InChI is InChI=1S/C17H21NO6/c19-15(20)10-6-2-5-9-14-16(21)24-12-18(14)17(22)23-11-13-7-3-1-4-8-13/h1,3-4,7-8,14H,2,5-6,9-12H2,(H,19,20)/t14-/m1/s1. The zero-order valence-corrected chi connectivity index (χ0v) is 13.3. The van der Waals surface area contributed by atoms with Gasteiger partial charge in [0.25, 0.3) is 0 Å². The van der Waals surface area contributed by atoms with Gasteiger partial charge < -0.3 is 14.6 Å². The molecule has 0 saturated carbocycles. The van der Waals surface area contributed by atoms with Gasteiger partial charge in [-0.1, -0.05) is 43.2 Å². The Kier molecular flexibility index (Phi) is 6.60. The van der Waals surface area contributed by atoms with E-state index in [1.165, 1.54) is 4.90 Å². The van der Waals surface area contributed by atoms with Crippen LogP contribution in [0.3, 0.4) is 0 Å². The van der Waals surface area contributed by atoms with E-state index in [2.05, 4.69) is 0 Å². The number of carbonyl (C=O) groups excluding carboxylic acids is 2. The lowest BCUT2D eigenvalue weighted by Gasteiger charge is -2.19. The van der Waals surface area contributed by atoms with E-state index >= 15 is 0 Å². The molecule has 1 atom stereocenters. The van der Waals surface area contributed by atoms with Crippen LogP contribution in [0.25, 0.3) is 0 Å². The number of cyclic esters (lactones) is 1. The lowest BCUT2D eigenvalue weighted by Crippen LogP contribution is -2.38. The highest BCUT2D eigenvalue weighted by molar-refractivity contribution is 5.83. The van der Waals surface area contributed by atoms with Gasteiger partial charge in [-0.05, 0) is 18.4 Å². The van der Waals surface area contributed by atoms with Crippen molar-refractivity contribution < 1.29 is 29.0 Å². The molecule has 1 saturated heterocycles. The van der Waals surface area contributed by atoms with E-state index in [0.717, 1.165) is 5.56 Å². The number of carboxylic acids is 1. The molecule has 2 rings (SSSR count). The number of hydrogen-bond acceptors (Lipinski definition) is 5. The molecular formula is C17H21NO6. The Morgan fingerprint density at radius 2 is 1.96 bits per heavy atom. The van der Waals surface area contributed by atoms with E-state index in [1.807, 2.05) is 30.3 Å². The van der Waals surface area contributed by atoms with Crippen LogP contribution in [-0.2, 0) is 25.7 Å². The zero-order valence-electron chi connectivity index (χ0n) is 13.3.